The average Bonchev–Trinajstić information content (AvgIpc) is 3.36. The number of benzene rings is 2. The molecule has 1 aliphatic rings. The first kappa shape index (κ1) is 25.9. The molecular weight excluding hydrogens is 500 g/mol. The molecule has 3 heterocycles. The third kappa shape index (κ3) is 5.30. The Morgan fingerprint density at radius 2 is 1.82 bits per heavy atom. The molecule has 1 amide bonds. The van der Waals surface area contributed by atoms with Gasteiger partial charge >= 0.3 is 0 Å². The molecule has 0 bridgehead atoms. The summed E-state index contributed by atoms with van der Waals surface area (Å²) in [4.78, 5) is 21.5. The van der Waals surface area contributed by atoms with Gasteiger partial charge in [-0.05, 0) is 74.2 Å². The average molecular weight is 533 g/mol. The summed E-state index contributed by atoms with van der Waals surface area (Å²) in [6, 6.07) is 18.2. The highest BCUT2D eigenvalue weighted by Gasteiger charge is 2.32. The lowest BCUT2D eigenvalue weighted by Crippen LogP contribution is -2.38. The number of methoxy groups -OCH3 is 1. The first-order valence-corrected chi connectivity index (χ1v) is 14.3. The van der Waals surface area contributed by atoms with Crippen LogP contribution >= 0.6 is 0 Å². The molecule has 2 N–H and O–H groups in total. The molecule has 1 saturated heterocycles. The summed E-state index contributed by atoms with van der Waals surface area (Å²) in [5, 5.41) is 4.22. The number of hydrogen-bond acceptors (Lipinski definition) is 5. The standard InChI is InChI=1S/C29H32N4O4S/c1-20-7-12-26(29(34)30-16-13-22-19-31-27-6-4-3-5-25(22)27)28(32-20)21-14-17-33(18-15-21)38(35,36)24-10-8-23(37-2)9-11-24/h3-12,19,21,31H,13-18H2,1-2H3,(H,30,34). The maximum absolute atomic E-state index is 13.2. The Kier molecular flexibility index (Phi) is 7.49. The number of carbonyl (C=O) groups excluding carboxylic acids is 1. The second-order valence-electron chi connectivity index (χ2n) is 9.60. The van der Waals surface area contributed by atoms with Crippen molar-refractivity contribution in [2.45, 2.75) is 37.0 Å². The number of sulfonamides is 1. The Hall–Kier alpha value is -3.69. The van der Waals surface area contributed by atoms with Crippen LogP contribution in [0.4, 0.5) is 0 Å². The third-order valence-corrected chi connectivity index (χ3v) is 9.11. The van der Waals surface area contributed by atoms with Crippen molar-refractivity contribution in [2.75, 3.05) is 26.7 Å². The fourth-order valence-corrected chi connectivity index (χ4v) is 6.56. The van der Waals surface area contributed by atoms with Gasteiger partial charge in [-0.25, -0.2) is 8.42 Å². The molecule has 1 aliphatic heterocycles. The highest BCUT2D eigenvalue weighted by Crippen LogP contribution is 2.32. The molecule has 0 atom stereocenters. The van der Waals surface area contributed by atoms with Crippen molar-refractivity contribution in [2.24, 2.45) is 0 Å². The van der Waals surface area contributed by atoms with Gasteiger partial charge in [0.1, 0.15) is 5.75 Å². The molecule has 0 aliphatic carbocycles. The van der Waals surface area contributed by atoms with Crippen LogP contribution < -0.4 is 10.1 Å². The highest BCUT2D eigenvalue weighted by molar-refractivity contribution is 7.89. The number of rotatable bonds is 8. The maximum atomic E-state index is 13.2. The van der Waals surface area contributed by atoms with Crippen molar-refractivity contribution in [3.05, 3.63) is 89.4 Å². The first-order chi connectivity index (χ1) is 18.4. The molecule has 2 aromatic heterocycles. The molecule has 8 nitrogen and oxygen atoms in total. The molecule has 0 unspecified atom stereocenters. The van der Waals surface area contributed by atoms with E-state index in [1.165, 1.54) is 4.31 Å². The largest absolute Gasteiger partial charge is 0.497 e. The van der Waals surface area contributed by atoms with Gasteiger partial charge in [0.25, 0.3) is 5.91 Å². The number of para-hydroxylation sites is 1. The number of aromatic amines is 1. The maximum Gasteiger partial charge on any atom is 0.253 e. The van der Waals surface area contributed by atoms with Crippen LogP contribution in [0.3, 0.4) is 0 Å². The summed E-state index contributed by atoms with van der Waals surface area (Å²) in [5.41, 5.74) is 4.39. The predicted octanol–water partition coefficient (Wildman–Crippen LogP) is 4.42. The zero-order valence-corrected chi connectivity index (χ0v) is 22.4. The second-order valence-corrected chi connectivity index (χ2v) is 11.5. The van der Waals surface area contributed by atoms with Gasteiger partial charge in [0.05, 0.1) is 23.3 Å². The van der Waals surface area contributed by atoms with Crippen molar-refractivity contribution in [1.82, 2.24) is 19.6 Å². The van der Waals surface area contributed by atoms with E-state index in [9.17, 15) is 13.2 Å². The van der Waals surface area contributed by atoms with Crippen LogP contribution in [-0.4, -0.2) is 55.3 Å². The number of pyridine rings is 1. The number of carbonyl (C=O) groups is 1. The number of amides is 1. The van der Waals surface area contributed by atoms with E-state index < -0.39 is 10.0 Å². The predicted molar refractivity (Wildman–Crippen MR) is 147 cm³/mol. The SMILES string of the molecule is COc1ccc(S(=O)(=O)N2CCC(c3nc(C)ccc3C(=O)NCCc3c[nH]c4ccccc34)CC2)cc1. The van der Waals surface area contributed by atoms with Gasteiger partial charge in [-0.3, -0.25) is 9.78 Å². The third-order valence-electron chi connectivity index (χ3n) is 7.20. The summed E-state index contributed by atoms with van der Waals surface area (Å²) < 4.78 is 33.0. The molecular formula is C29H32N4O4S. The van der Waals surface area contributed by atoms with E-state index in [-0.39, 0.29) is 16.7 Å². The molecule has 198 valence electrons. The summed E-state index contributed by atoms with van der Waals surface area (Å²) >= 11 is 0. The van der Waals surface area contributed by atoms with Crippen molar-refractivity contribution < 1.29 is 17.9 Å². The molecule has 0 saturated carbocycles. The quantitative estimate of drug-likeness (QED) is 0.350. The normalized spacial score (nSPS) is 15.0. The van der Waals surface area contributed by atoms with E-state index in [1.807, 2.05) is 43.5 Å². The fraction of sp³-hybridized carbons (Fsp3) is 0.310. The Morgan fingerprint density at radius 3 is 2.55 bits per heavy atom. The van der Waals surface area contributed by atoms with Crippen LogP contribution in [-0.2, 0) is 16.4 Å². The van der Waals surface area contributed by atoms with Crippen molar-refractivity contribution in [1.29, 1.82) is 0 Å². The summed E-state index contributed by atoms with van der Waals surface area (Å²) in [6.45, 7) is 3.16. The lowest BCUT2D eigenvalue weighted by atomic mass is 9.90. The van der Waals surface area contributed by atoms with Crippen LogP contribution in [0.2, 0.25) is 0 Å². The number of H-pyrrole nitrogens is 1. The van der Waals surface area contributed by atoms with Gasteiger partial charge < -0.3 is 15.0 Å². The lowest BCUT2D eigenvalue weighted by Gasteiger charge is -2.31. The minimum absolute atomic E-state index is 0.00610. The number of fused-ring (bicyclic) bond motifs is 1. The number of hydrogen-bond donors (Lipinski definition) is 2. The number of ether oxygens (including phenoxy) is 1. The van der Waals surface area contributed by atoms with E-state index in [2.05, 4.69) is 16.4 Å². The smallest absolute Gasteiger partial charge is 0.253 e. The Balaban J connectivity index is 1.24. The Bertz CT molecular complexity index is 1540. The Morgan fingerprint density at radius 1 is 1.08 bits per heavy atom. The number of nitrogens with one attached hydrogen (secondary N) is 2. The minimum Gasteiger partial charge on any atom is -0.497 e. The lowest BCUT2D eigenvalue weighted by molar-refractivity contribution is 0.0951. The monoisotopic (exact) mass is 532 g/mol. The van der Waals surface area contributed by atoms with Crippen molar-refractivity contribution >= 4 is 26.8 Å². The van der Waals surface area contributed by atoms with E-state index in [0.29, 0.717) is 50.2 Å². The summed E-state index contributed by atoms with van der Waals surface area (Å²) in [5.74, 6) is 0.465. The summed E-state index contributed by atoms with van der Waals surface area (Å²) in [6.07, 6.45) is 3.90. The van der Waals surface area contributed by atoms with Gasteiger partial charge in [0, 0.05) is 48.3 Å². The highest BCUT2D eigenvalue weighted by atomic mass is 32.2. The van der Waals surface area contributed by atoms with E-state index in [4.69, 9.17) is 9.72 Å². The molecule has 9 heteroatoms. The first-order valence-electron chi connectivity index (χ1n) is 12.8. The fourth-order valence-electron chi connectivity index (χ4n) is 5.09. The molecule has 0 spiro atoms. The number of nitrogens with zero attached hydrogens (tertiary/aromatic N) is 2. The van der Waals surface area contributed by atoms with Crippen LogP contribution in [0.15, 0.2) is 71.8 Å². The number of piperidine rings is 1. The minimum atomic E-state index is -3.60. The zero-order chi connectivity index (χ0) is 26.7. The van der Waals surface area contributed by atoms with Gasteiger partial charge in [-0.15, -0.1) is 0 Å². The van der Waals surface area contributed by atoms with Gasteiger partial charge in [0.15, 0.2) is 0 Å². The molecule has 2 aromatic carbocycles. The van der Waals surface area contributed by atoms with Crippen molar-refractivity contribution in [3.63, 3.8) is 0 Å². The molecule has 4 aromatic rings. The van der Waals surface area contributed by atoms with Crippen molar-refractivity contribution in [3.8, 4) is 5.75 Å². The molecule has 0 radical (unpaired) electrons. The summed E-state index contributed by atoms with van der Waals surface area (Å²) in [7, 11) is -2.05. The van der Waals surface area contributed by atoms with Crippen LogP contribution in [0.25, 0.3) is 10.9 Å². The van der Waals surface area contributed by atoms with E-state index in [1.54, 1.807) is 31.4 Å². The number of aryl methyl sites for hydroxylation is 1. The van der Waals surface area contributed by atoms with E-state index >= 15 is 0 Å². The zero-order valence-electron chi connectivity index (χ0n) is 21.6. The topological polar surface area (TPSA) is 104 Å². The van der Waals surface area contributed by atoms with Gasteiger partial charge in [-0.1, -0.05) is 18.2 Å². The van der Waals surface area contributed by atoms with Gasteiger partial charge in [0.2, 0.25) is 10.0 Å². The second kappa shape index (κ2) is 11.0. The molecule has 5 rings (SSSR count). The van der Waals surface area contributed by atoms with Crippen LogP contribution in [0.5, 0.6) is 5.75 Å². The van der Waals surface area contributed by atoms with E-state index in [0.717, 1.165) is 27.9 Å². The number of aromatic nitrogens is 2. The molecule has 38 heavy (non-hydrogen) atoms. The van der Waals surface area contributed by atoms with Crippen LogP contribution in [0, 0.1) is 6.92 Å². The van der Waals surface area contributed by atoms with Gasteiger partial charge in [-0.2, -0.15) is 4.31 Å². The van der Waals surface area contributed by atoms with Crippen LogP contribution in [0.1, 0.15) is 46.1 Å². The molecule has 1 fully saturated rings. The Labute approximate surface area is 223 Å².